The lowest BCUT2D eigenvalue weighted by molar-refractivity contribution is -0.127. The summed E-state index contributed by atoms with van der Waals surface area (Å²) in [5.41, 5.74) is -0.275. The van der Waals surface area contributed by atoms with Crippen LogP contribution >= 0.6 is 0 Å². The zero-order valence-corrected chi connectivity index (χ0v) is 11.5. The molecule has 0 aromatic heterocycles. The zero-order chi connectivity index (χ0) is 12.9. The molecule has 0 aromatic carbocycles. The molecule has 1 rings (SSSR count). The van der Waals surface area contributed by atoms with Crippen LogP contribution in [0.15, 0.2) is 0 Å². The van der Waals surface area contributed by atoms with Gasteiger partial charge >= 0.3 is 0 Å². The summed E-state index contributed by atoms with van der Waals surface area (Å²) < 4.78 is 5.56. The van der Waals surface area contributed by atoms with Crippen LogP contribution in [0, 0.1) is 5.92 Å². The molecule has 0 aromatic rings. The SMILES string of the molecule is CCOC(C)(C)CNC(=O)C1CCNC(C)C1. The van der Waals surface area contributed by atoms with E-state index in [9.17, 15) is 4.79 Å². The molecule has 0 saturated carbocycles. The first kappa shape index (κ1) is 14.5. The van der Waals surface area contributed by atoms with Gasteiger partial charge in [0.2, 0.25) is 5.91 Å². The summed E-state index contributed by atoms with van der Waals surface area (Å²) in [4.78, 5) is 12.0. The van der Waals surface area contributed by atoms with E-state index in [4.69, 9.17) is 4.74 Å². The third-order valence-corrected chi connectivity index (χ3v) is 3.22. The number of hydrogen-bond donors (Lipinski definition) is 2. The van der Waals surface area contributed by atoms with Gasteiger partial charge in [-0.1, -0.05) is 0 Å². The van der Waals surface area contributed by atoms with Crippen LogP contribution in [0.1, 0.15) is 40.5 Å². The van der Waals surface area contributed by atoms with Gasteiger partial charge in [0.05, 0.1) is 5.60 Å². The number of nitrogens with one attached hydrogen (secondary N) is 2. The molecule has 2 N–H and O–H groups in total. The van der Waals surface area contributed by atoms with Crippen molar-refractivity contribution in [3.63, 3.8) is 0 Å². The van der Waals surface area contributed by atoms with Crippen molar-refractivity contribution in [2.24, 2.45) is 5.92 Å². The van der Waals surface area contributed by atoms with Crippen molar-refractivity contribution in [2.75, 3.05) is 19.7 Å². The van der Waals surface area contributed by atoms with E-state index < -0.39 is 0 Å². The molecule has 4 heteroatoms. The molecular weight excluding hydrogens is 216 g/mol. The topological polar surface area (TPSA) is 50.4 Å². The van der Waals surface area contributed by atoms with E-state index in [0.717, 1.165) is 19.4 Å². The van der Waals surface area contributed by atoms with Crippen LogP contribution in [0.5, 0.6) is 0 Å². The maximum Gasteiger partial charge on any atom is 0.223 e. The standard InChI is InChI=1S/C13H26N2O2/c1-5-17-13(3,4)9-15-12(16)11-6-7-14-10(2)8-11/h10-11,14H,5-9H2,1-4H3,(H,15,16). The van der Waals surface area contributed by atoms with E-state index in [1.54, 1.807) is 0 Å². The Balaban J connectivity index is 2.33. The van der Waals surface area contributed by atoms with Crippen LogP contribution in [-0.2, 0) is 9.53 Å². The molecule has 2 unspecified atom stereocenters. The normalized spacial score (nSPS) is 25.6. The number of ether oxygens (including phenoxy) is 1. The summed E-state index contributed by atoms with van der Waals surface area (Å²) >= 11 is 0. The predicted octanol–water partition coefficient (Wildman–Crippen LogP) is 1.31. The molecule has 4 nitrogen and oxygen atoms in total. The van der Waals surface area contributed by atoms with Gasteiger partial charge in [-0.05, 0) is 47.1 Å². The van der Waals surface area contributed by atoms with Crippen LogP contribution in [0.4, 0.5) is 0 Å². The molecule has 1 amide bonds. The van der Waals surface area contributed by atoms with E-state index in [-0.39, 0.29) is 17.4 Å². The first-order chi connectivity index (χ1) is 7.94. The first-order valence-corrected chi connectivity index (χ1v) is 6.59. The van der Waals surface area contributed by atoms with Crippen molar-refractivity contribution >= 4 is 5.91 Å². The summed E-state index contributed by atoms with van der Waals surface area (Å²) in [7, 11) is 0. The Morgan fingerprint density at radius 3 is 2.82 bits per heavy atom. The largest absolute Gasteiger partial charge is 0.374 e. The van der Waals surface area contributed by atoms with E-state index in [1.807, 2.05) is 20.8 Å². The molecular formula is C13H26N2O2. The Hall–Kier alpha value is -0.610. The van der Waals surface area contributed by atoms with Gasteiger partial charge in [-0.25, -0.2) is 0 Å². The average molecular weight is 242 g/mol. The fourth-order valence-corrected chi connectivity index (χ4v) is 2.26. The van der Waals surface area contributed by atoms with E-state index in [1.165, 1.54) is 0 Å². The minimum atomic E-state index is -0.275. The molecule has 2 atom stereocenters. The van der Waals surface area contributed by atoms with E-state index >= 15 is 0 Å². The van der Waals surface area contributed by atoms with Crippen LogP contribution in [0.25, 0.3) is 0 Å². The quantitative estimate of drug-likeness (QED) is 0.764. The van der Waals surface area contributed by atoms with Gasteiger partial charge in [0.1, 0.15) is 0 Å². The number of carbonyl (C=O) groups is 1. The highest BCUT2D eigenvalue weighted by atomic mass is 16.5. The minimum absolute atomic E-state index is 0.156. The lowest BCUT2D eigenvalue weighted by atomic mass is 9.92. The van der Waals surface area contributed by atoms with E-state index in [2.05, 4.69) is 17.6 Å². The third kappa shape index (κ3) is 5.04. The van der Waals surface area contributed by atoms with Gasteiger partial charge in [-0.2, -0.15) is 0 Å². The summed E-state index contributed by atoms with van der Waals surface area (Å²) in [6, 6.07) is 0.444. The molecule has 0 spiro atoms. The third-order valence-electron chi connectivity index (χ3n) is 3.22. The fraction of sp³-hybridized carbons (Fsp3) is 0.923. The van der Waals surface area contributed by atoms with Gasteiger partial charge in [0, 0.05) is 25.1 Å². The van der Waals surface area contributed by atoms with Crippen molar-refractivity contribution in [3.8, 4) is 0 Å². The highest BCUT2D eigenvalue weighted by Crippen LogP contribution is 2.16. The maximum atomic E-state index is 12.0. The fourth-order valence-electron chi connectivity index (χ4n) is 2.26. The zero-order valence-electron chi connectivity index (χ0n) is 11.5. The Morgan fingerprint density at radius 2 is 2.24 bits per heavy atom. The second kappa shape index (κ2) is 6.36. The van der Waals surface area contributed by atoms with Gasteiger partial charge in [-0.15, -0.1) is 0 Å². The number of carbonyl (C=O) groups excluding carboxylic acids is 1. The van der Waals surface area contributed by atoms with Crippen molar-refractivity contribution in [1.82, 2.24) is 10.6 Å². The first-order valence-electron chi connectivity index (χ1n) is 6.59. The van der Waals surface area contributed by atoms with Crippen LogP contribution in [0.3, 0.4) is 0 Å². The monoisotopic (exact) mass is 242 g/mol. The molecule has 1 fully saturated rings. The van der Waals surface area contributed by atoms with Gasteiger partial charge in [0.25, 0.3) is 0 Å². The highest BCUT2D eigenvalue weighted by molar-refractivity contribution is 5.78. The van der Waals surface area contributed by atoms with Crippen molar-refractivity contribution in [3.05, 3.63) is 0 Å². The van der Waals surface area contributed by atoms with Crippen molar-refractivity contribution < 1.29 is 9.53 Å². The van der Waals surface area contributed by atoms with Crippen molar-refractivity contribution in [2.45, 2.75) is 52.2 Å². The van der Waals surface area contributed by atoms with Crippen LogP contribution in [0.2, 0.25) is 0 Å². The molecule has 100 valence electrons. The molecule has 1 aliphatic heterocycles. The van der Waals surface area contributed by atoms with Gasteiger partial charge < -0.3 is 15.4 Å². The van der Waals surface area contributed by atoms with E-state index in [0.29, 0.717) is 19.2 Å². The number of hydrogen-bond acceptors (Lipinski definition) is 3. The highest BCUT2D eigenvalue weighted by Gasteiger charge is 2.26. The molecule has 0 radical (unpaired) electrons. The second-order valence-electron chi connectivity index (χ2n) is 5.49. The Morgan fingerprint density at radius 1 is 1.53 bits per heavy atom. The Bertz CT molecular complexity index is 254. The Kier molecular flexibility index (Phi) is 5.40. The van der Waals surface area contributed by atoms with Crippen LogP contribution in [-0.4, -0.2) is 37.2 Å². The predicted molar refractivity (Wildman–Crippen MR) is 68.9 cm³/mol. The molecule has 0 bridgehead atoms. The number of amides is 1. The smallest absolute Gasteiger partial charge is 0.223 e. The van der Waals surface area contributed by atoms with Crippen LogP contribution < -0.4 is 10.6 Å². The summed E-state index contributed by atoms with van der Waals surface area (Å²) in [6.45, 7) is 10.3. The number of rotatable bonds is 5. The summed E-state index contributed by atoms with van der Waals surface area (Å²) in [6.07, 6.45) is 1.87. The van der Waals surface area contributed by atoms with Crippen molar-refractivity contribution in [1.29, 1.82) is 0 Å². The van der Waals surface area contributed by atoms with Gasteiger partial charge in [0.15, 0.2) is 0 Å². The molecule has 1 aliphatic rings. The average Bonchev–Trinajstić information content (AvgIpc) is 2.26. The number of piperidine rings is 1. The second-order valence-corrected chi connectivity index (χ2v) is 5.49. The molecule has 1 heterocycles. The Labute approximate surface area is 104 Å². The summed E-state index contributed by atoms with van der Waals surface area (Å²) in [5.74, 6) is 0.329. The molecule has 0 aliphatic carbocycles. The molecule has 1 saturated heterocycles. The lowest BCUT2D eigenvalue weighted by Crippen LogP contribution is -2.46. The van der Waals surface area contributed by atoms with Gasteiger partial charge in [-0.3, -0.25) is 4.79 Å². The molecule has 17 heavy (non-hydrogen) atoms. The minimum Gasteiger partial charge on any atom is -0.374 e. The summed E-state index contributed by atoms with van der Waals surface area (Å²) in [5, 5.41) is 6.36. The lowest BCUT2D eigenvalue weighted by Gasteiger charge is -2.29. The maximum absolute atomic E-state index is 12.0.